The van der Waals surface area contributed by atoms with Gasteiger partial charge in [-0.3, -0.25) is 13.9 Å². The summed E-state index contributed by atoms with van der Waals surface area (Å²) in [7, 11) is -4.09. The van der Waals surface area contributed by atoms with Crippen molar-refractivity contribution in [1.29, 1.82) is 0 Å². The largest absolute Gasteiger partial charge is 0.387 e. The molecule has 198 valence electrons. The summed E-state index contributed by atoms with van der Waals surface area (Å²) in [6, 6.07) is 7.69. The minimum Gasteiger partial charge on any atom is -0.387 e. The SMILES string of the molecule is CC(=O)[C@@H](NP(=O)(OC[C@H]1O[C@@H](n2ccc(N)nc2=O)[C@](C)(F)[C@@H]1O)Pc1ccc(Br)cc1)C(C)C. The van der Waals surface area contributed by atoms with Gasteiger partial charge in [-0.2, -0.15) is 4.98 Å². The minimum absolute atomic E-state index is 0.0404. The van der Waals surface area contributed by atoms with Crippen LogP contribution < -0.4 is 21.8 Å². The van der Waals surface area contributed by atoms with Crippen LogP contribution >= 0.6 is 31.4 Å². The van der Waals surface area contributed by atoms with Gasteiger partial charge in [0.05, 0.1) is 12.6 Å². The molecule has 4 N–H and O–H groups in total. The van der Waals surface area contributed by atoms with E-state index in [1.54, 1.807) is 24.3 Å². The smallest absolute Gasteiger partial charge is 0.351 e. The second-order valence-corrected chi connectivity index (χ2v) is 14.9. The van der Waals surface area contributed by atoms with Crippen LogP contribution in [0.25, 0.3) is 0 Å². The third-order valence-corrected chi connectivity index (χ3v) is 10.8. The van der Waals surface area contributed by atoms with Crippen LogP contribution in [0.3, 0.4) is 0 Å². The molecule has 1 aromatic heterocycles. The van der Waals surface area contributed by atoms with Crippen molar-refractivity contribution in [2.75, 3.05) is 12.3 Å². The molecule has 1 aliphatic heterocycles. The van der Waals surface area contributed by atoms with Crippen molar-refractivity contribution in [2.24, 2.45) is 5.92 Å². The van der Waals surface area contributed by atoms with Gasteiger partial charge in [0, 0.05) is 18.9 Å². The number of ketones is 1. The van der Waals surface area contributed by atoms with E-state index in [1.165, 1.54) is 19.2 Å². The standard InChI is InChI=1S/C22H30BrFN4O6P2/c1-12(2)18(13(3)29)27-36(32,35-15-7-5-14(23)6-8-15)33-11-16-19(30)22(4,24)20(34-16)28-10-9-17(25)26-21(28)31/h5-10,12,16,18-20,30,35H,11H2,1-4H3,(H,27,32)(H2,25,26,31)/t16-,18+,19-,20-,22-,36?/m1/s1. The number of anilines is 1. The first-order valence-corrected chi connectivity index (χ1v) is 15.4. The molecule has 0 bridgehead atoms. The number of carbonyl (C=O) groups is 1. The highest BCUT2D eigenvalue weighted by Crippen LogP contribution is 2.61. The molecule has 14 heteroatoms. The number of hydrogen-bond donors (Lipinski definition) is 3. The molecule has 0 radical (unpaired) electrons. The summed E-state index contributed by atoms with van der Waals surface area (Å²) in [4.78, 5) is 28.0. The highest BCUT2D eigenvalue weighted by molar-refractivity contribution is 9.10. The zero-order chi connectivity index (χ0) is 26.8. The van der Waals surface area contributed by atoms with E-state index in [9.17, 15) is 19.3 Å². The highest BCUT2D eigenvalue weighted by atomic mass is 79.9. The molecule has 0 amide bonds. The van der Waals surface area contributed by atoms with Crippen molar-refractivity contribution < 1.29 is 28.1 Å². The lowest BCUT2D eigenvalue weighted by atomic mass is 9.98. The molecule has 36 heavy (non-hydrogen) atoms. The summed E-state index contributed by atoms with van der Waals surface area (Å²) in [6.07, 6.45) is -3.24. The van der Waals surface area contributed by atoms with E-state index in [0.717, 1.165) is 16.0 Å². The number of aliphatic hydroxyl groups excluding tert-OH is 1. The topological polar surface area (TPSA) is 146 Å². The molecule has 1 aromatic carbocycles. The Balaban J connectivity index is 1.84. The van der Waals surface area contributed by atoms with E-state index in [-0.39, 0.29) is 25.8 Å². The van der Waals surface area contributed by atoms with Crippen molar-refractivity contribution in [3.05, 3.63) is 51.5 Å². The van der Waals surface area contributed by atoms with Crippen molar-refractivity contribution in [3.8, 4) is 0 Å². The Morgan fingerprint density at radius 2 is 2.06 bits per heavy atom. The van der Waals surface area contributed by atoms with E-state index in [4.69, 9.17) is 15.0 Å². The molecule has 3 rings (SSSR count). The number of aliphatic hydroxyl groups is 1. The summed E-state index contributed by atoms with van der Waals surface area (Å²) in [6.45, 7) is 5.66. The molecule has 0 aliphatic carbocycles. The van der Waals surface area contributed by atoms with Crippen LogP contribution in [-0.2, 0) is 18.6 Å². The van der Waals surface area contributed by atoms with E-state index < -0.39 is 49.7 Å². The maximum absolute atomic E-state index is 15.5. The quantitative estimate of drug-likeness (QED) is 0.347. The number of nitrogens with two attached hydrogens (primary N) is 1. The van der Waals surface area contributed by atoms with Crippen LogP contribution in [-0.4, -0.2) is 51.0 Å². The fourth-order valence-electron chi connectivity index (χ4n) is 3.82. The number of carbonyl (C=O) groups excluding carboxylic acids is 1. The fraction of sp³-hybridized carbons (Fsp3) is 0.500. The van der Waals surface area contributed by atoms with Crippen molar-refractivity contribution in [2.45, 2.75) is 57.8 Å². The summed E-state index contributed by atoms with van der Waals surface area (Å²) >= 11 is 3.36. The number of rotatable bonds is 10. The van der Waals surface area contributed by atoms with Gasteiger partial charge in [-0.1, -0.05) is 41.9 Å². The van der Waals surface area contributed by atoms with Crippen LogP contribution in [0.5, 0.6) is 0 Å². The second-order valence-electron chi connectivity index (χ2n) is 9.09. The number of hydrogen-bond acceptors (Lipinski definition) is 8. The monoisotopic (exact) mass is 606 g/mol. The van der Waals surface area contributed by atoms with Gasteiger partial charge < -0.3 is 20.1 Å². The lowest BCUT2D eigenvalue weighted by molar-refractivity contribution is -0.119. The van der Waals surface area contributed by atoms with Crippen molar-refractivity contribution in [3.63, 3.8) is 0 Å². The summed E-state index contributed by atoms with van der Waals surface area (Å²) in [5.41, 5.74) is 2.27. The van der Waals surface area contributed by atoms with Crippen molar-refractivity contribution >= 4 is 48.3 Å². The number of ether oxygens (including phenoxy) is 1. The Morgan fingerprint density at radius 3 is 2.61 bits per heavy atom. The van der Waals surface area contributed by atoms with Gasteiger partial charge in [0.25, 0.3) is 7.21 Å². The van der Waals surface area contributed by atoms with Crippen LogP contribution in [0, 0.1) is 5.92 Å². The van der Waals surface area contributed by atoms with Gasteiger partial charge in [-0.25, -0.2) is 14.3 Å². The lowest BCUT2D eigenvalue weighted by Gasteiger charge is -2.28. The number of nitrogens with zero attached hydrogens (tertiary/aromatic N) is 2. The first-order valence-electron chi connectivity index (χ1n) is 11.2. The predicted octanol–water partition coefficient (Wildman–Crippen LogP) is 2.91. The number of benzene rings is 1. The first kappa shape index (κ1) is 29.0. The molecule has 2 aromatic rings. The molecule has 1 saturated heterocycles. The average molecular weight is 607 g/mol. The molecule has 0 spiro atoms. The molecule has 2 heterocycles. The normalized spacial score (nSPS) is 26.9. The number of nitrogen functional groups attached to an aromatic ring is 1. The number of halogens is 2. The number of nitrogens with one attached hydrogen (secondary N) is 1. The molecular weight excluding hydrogens is 577 g/mol. The molecule has 1 aliphatic rings. The average Bonchev–Trinajstić information content (AvgIpc) is 3.01. The van der Waals surface area contributed by atoms with Gasteiger partial charge in [-0.05, 0) is 43.3 Å². The van der Waals surface area contributed by atoms with Gasteiger partial charge in [0.1, 0.15) is 23.8 Å². The molecule has 2 unspecified atom stereocenters. The number of alkyl halides is 1. The van der Waals surface area contributed by atoms with Gasteiger partial charge in [0.15, 0.2) is 11.9 Å². The van der Waals surface area contributed by atoms with Crippen LogP contribution in [0.4, 0.5) is 10.2 Å². The minimum atomic E-state index is -3.72. The van der Waals surface area contributed by atoms with E-state index in [0.29, 0.717) is 5.30 Å². The maximum atomic E-state index is 15.5. The van der Waals surface area contributed by atoms with Gasteiger partial charge in [0.2, 0.25) is 0 Å². The zero-order valence-electron chi connectivity index (χ0n) is 20.2. The van der Waals surface area contributed by atoms with Crippen molar-refractivity contribution in [1.82, 2.24) is 14.6 Å². The highest BCUT2D eigenvalue weighted by Gasteiger charge is 2.55. The third-order valence-electron chi connectivity index (χ3n) is 5.78. The Kier molecular flexibility index (Phi) is 9.26. The Bertz CT molecular complexity index is 1200. The van der Waals surface area contributed by atoms with Crippen LogP contribution in [0.2, 0.25) is 0 Å². The molecule has 1 fully saturated rings. The summed E-state index contributed by atoms with van der Waals surface area (Å²) in [5.74, 6) is -0.426. The molecule has 7 atom stereocenters. The van der Waals surface area contributed by atoms with E-state index in [2.05, 4.69) is 26.0 Å². The van der Waals surface area contributed by atoms with Gasteiger partial charge in [-0.15, -0.1) is 0 Å². The maximum Gasteiger partial charge on any atom is 0.351 e. The van der Waals surface area contributed by atoms with Crippen LogP contribution in [0.1, 0.15) is 33.9 Å². The second kappa shape index (κ2) is 11.5. The number of Topliss-reactive ketones (excluding diaryl/α,β-unsaturated/α-hetero) is 1. The summed E-state index contributed by atoms with van der Waals surface area (Å²) in [5, 5.41) is 14.3. The summed E-state index contributed by atoms with van der Waals surface area (Å²) < 4.78 is 42.7. The molecule has 10 nitrogen and oxygen atoms in total. The third kappa shape index (κ3) is 6.67. The predicted molar refractivity (Wildman–Crippen MR) is 140 cm³/mol. The number of aromatic nitrogens is 2. The Labute approximate surface area is 218 Å². The van der Waals surface area contributed by atoms with Gasteiger partial charge >= 0.3 is 5.69 Å². The zero-order valence-corrected chi connectivity index (χ0v) is 23.7. The lowest BCUT2D eigenvalue weighted by Crippen LogP contribution is -2.43. The Morgan fingerprint density at radius 1 is 1.42 bits per heavy atom. The Hall–Kier alpha value is -1.52. The molecule has 0 saturated carbocycles. The van der Waals surface area contributed by atoms with E-state index >= 15 is 4.39 Å². The molecular formula is C22H30BrFN4O6P2. The fourth-order valence-corrected chi connectivity index (χ4v) is 8.64. The van der Waals surface area contributed by atoms with E-state index in [1.807, 2.05) is 13.8 Å². The first-order chi connectivity index (χ1) is 16.7. The van der Waals surface area contributed by atoms with Crippen LogP contribution in [0.15, 0.2) is 45.8 Å².